The number of nitrogens with one attached hydrogen (secondary N) is 2. The number of fused-ring (bicyclic) bond motifs is 8. The standard InChI is InChI=1S/C54H44F2N4O13S3.C6H8S.C2H6/c1-3-15-70-52(66)45-30(26-75-49-43(57-28-61)47(63)59(45)49)11-7-17-68-40-23-38-34(21-36(40)55)54(33-14-6-5-13-32(33)51(65)73-54)35-22-37(56)41(24-39(35)72-38)69-18-8-12-31-27-76-50-44(58-42(62)20-29-10-9-19-74-25-29)48(64)60(50)46(31)53(67)71-16-4-2;1-2-6-4-3-5-7-6;1-2/h3-14,19,21-24,28,43-44,49-50H,1-2,15-18,20,25-27H2,(H,57,61)(H,58,62);3-5H,2H2,1H3;1-2H3/b11-7+,12-8+;;. The smallest absolute Gasteiger partial charge is 0.355 e. The molecule has 1 aromatic heterocycles. The molecule has 5 unspecified atom stereocenters. The normalized spacial score (nSPS) is 21.1. The van der Waals surface area contributed by atoms with E-state index in [4.69, 9.17) is 28.4 Å². The number of thiophene rings is 1. The lowest BCUT2D eigenvalue weighted by Crippen LogP contribution is -2.70. The summed E-state index contributed by atoms with van der Waals surface area (Å²) in [6.45, 7) is 12.6. The molecule has 85 heavy (non-hydrogen) atoms. The molecular weight excluding hydrogens is 1170 g/mol. The molecule has 2 N–H and O–H groups in total. The third-order valence-electron chi connectivity index (χ3n) is 13.8. The largest absolute Gasteiger partial charge is 0.486 e. The Hall–Kier alpha value is -8.12. The third kappa shape index (κ3) is 12.5. The van der Waals surface area contributed by atoms with Gasteiger partial charge in [-0.15, -0.1) is 46.6 Å². The average Bonchev–Trinajstić information content (AvgIpc) is 1.71. The first-order valence-electron chi connectivity index (χ1n) is 27.0. The van der Waals surface area contributed by atoms with Gasteiger partial charge >= 0.3 is 17.9 Å². The molecule has 17 nitrogen and oxygen atoms in total. The highest BCUT2D eigenvalue weighted by molar-refractivity contribution is 8.02. The molecule has 0 bridgehead atoms. The van der Waals surface area contributed by atoms with Crippen molar-refractivity contribution in [3.8, 4) is 23.0 Å². The highest BCUT2D eigenvalue weighted by Crippen LogP contribution is 2.58. The van der Waals surface area contributed by atoms with Gasteiger partial charge in [0.25, 0.3) is 11.8 Å². The summed E-state index contributed by atoms with van der Waals surface area (Å²) in [5.74, 6) is -4.67. The lowest BCUT2D eigenvalue weighted by Gasteiger charge is -2.49. The average molecular weight is 1230 g/mol. The van der Waals surface area contributed by atoms with Crippen LogP contribution in [0, 0.1) is 11.6 Å². The molecule has 2 saturated heterocycles. The fourth-order valence-electron chi connectivity index (χ4n) is 10.1. The summed E-state index contributed by atoms with van der Waals surface area (Å²) in [6.07, 6.45) is 14.4. The predicted molar refractivity (Wildman–Crippen MR) is 321 cm³/mol. The number of thioether (sulfide) groups is 3. The van der Waals surface area contributed by atoms with Gasteiger partial charge < -0.3 is 39.1 Å². The molecule has 0 saturated carbocycles. The molecule has 8 heterocycles. The van der Waals surface area contributed by atoms with Crippen molar-refractivity contribution in [2.75, 3.05) is 43.7 Å². The third-order valence-corrected chi connectivity index (χ3v) is 18.3. The molecule has 3 aromatic carbocycles. The first-order valence-corrected chi connectivity index (χ1v) is 31.0. The SMILES string of the molecule is C=CCOC(=O)C1=C(/C=C/COc2cc3c(cc2F)C2(OC(=O)c4ccccc42)c2cc(F)c(OC/C=C/C4=C(C(=O)OCC=C)N5C(=O)C(NC(=O)CC6=CC=CSC6)C5SC4)cc2O3)CSC2C(NC=O)C(=O)N12.CC.CCc1cccs1. The summed E-state index contributed by atoms with van der Waals surface area (Å²) >= 11 is 6.07. The zero-order valence-corrected chi connectivity index (χ0v) is 49.6. The van der Waals surface area contributed by atoms with Crippen LogP contribution < -0.4 is 24.8 Å². The van der Waals surface area contributed by atoms with Crippen LogP contribution in [0.15, 0.2) is 161 Å². The minimum absolute atomic E-state index is 0.00360. The first kappa shape index (κ1) is 61.4. The minimum Gasteiger partial charge on any atom is -0.486 e. The van der Waals surface area contributed by atoms with Gasteiger partial charge in [0, 0.05) is 46.3 Å². The van der Waals surface area contributed by atoms with E-state index >= 15 is 8.78 Å². The lowest BCUT2D eigenvalue weighted by atomic mass is 9.77. The highest BCUT2D eigenvalue weighted by atomic mass is 32.2. The molecule has 4 aromatic rings. The van der Waals surface area contributed by atoms with Crippen LogP contribution in [-0.2, 0) is 55.0 Å². The monoisotopic (exact) mass is 1230 g/mol. The van der Waals surface area contributed by atoms with Crippen LogP contribution in [0.1, 0.15) is 59.1 Å². The van der Waals surface area contributed by atoms with Crippen molar-refractivity contribution in [1.82, 2.24) is 20.4 Å². The van der Waals surface area contributed by atoms with Crippen LogP contribution >= 0.6 is 46.6 Å². The van der Waals surface area contributed by atoms with Gasteiger partial charge in [-0.2, -0.15) is 0 Å². The molecule has 7 aliphatic rings. The Morgan fingerprint density at radius 3 is 1.86 bits per heavy atom. The number of hydrogen-bond donors (Lipinski definition) is 2. The van der Waals surface area contributed by atoms with E-state index < -0.39 is 69.8 Å². The Balaban J connectivity index is 0.000000888. The van der Waals surface area contributed by atoms with E-state index in [9.17, 15) is 33.6 Å². The highest BCUT2D eigenvalue weighted by Gasteiger charge is 2.57. The molecule has 23 heteroatoms. The summed E-state index contributed by atoms with van der Waals surface area (Å²) < 4.78 is 67.5. The number of benzene rings is 3. The second-order valence-electron chi connectivity index (χ2n) is 18.9. The van der Waals surface area contributed by atoms with Gasteiger partial charge in [0.1, 0.15) is 72.2 Å². The van der Waals surface area contributed by atoms with Crippen LogP contribution in [0.2, 0.25) is 0 Å². The first-order chi connectivity index (χ1) is 41.3. The van der Waals surface area contributed by atoms with Crippen LogP contribution in [0.4, 0.5) is 8.78 Å². The summed E-state index contributed by atoms with van der Waals surface area (Å²) in [6, 6.07) is 13.8. The van der Waals surface area contributed by atoms with Crippen molar-refractivity contribution < 1.29 is 70.8 Å². The maximum absolute atomic E-state index is 16.3. The number of carbonyl (C=O) groups excluding carboxylic acids is 7. The second-order valence-corrected chi connectivity index (χ2v) is 23.1. The summed E-state index contributed by atoms with van der Waals surface area (Å²) in [7, 11) is 0. The van der Waals surface area contributed by atoms with Crippen molar-refractivity contribution in [3.05, 3.63) is 200 Å². The molecular formula is C62H58F2N4O13S4. The summed E-state index contributed by atoms with van der Waals surface area (Å²) in [5, 5.41) is 8.25. The number of esters is 3. The number of rotatable bonds is 20. The minimum atomic E-state index is -1.87. The second kappa shape index (κ2) is 27.7. The lowest BCUT2D eigenvalue weighted by molar-refractivity contribution is -0.152. The Morgan fingerprint density at radius 1 is 0.765 bits per heavy atom. The predicted octanol–water partition coefficient (Wildman–Crippen LogP) is 9.71. The van der Waals surface area contributed by atoms with Crippen LogP contribution in [-0.4, -0.2) is 118 Å². The van der Waals surface area contributed by atoms with Crippen LogP contribution in [0.5, 0.6) is 23.0 Å². The van der Waals surface area contributed by atoms with Gasteiger partial charge in [0.2, 0.25) is 12.3 Å². The number of nitrogens with zero attached hydrogens (tertiary/aromatic N) is 2. The summed E-state index contributed by atoms with van der Waals surface area (Å²) in [5.41, 5.74) is 0.447. The van der Waals surface area contributed by atoms with Gasteiger partial charge in [0.15, 0.2) is 28.7 Å². The number of halogens is 2. The topological polar surface area (TPSA) is 205 Å². The van der Waals surface area contributed by atoms with Crippen molar-refractivity contribution in [3.63, 3.8) is 0 Å². The number of hydrogen-bond acceptors (Lipinski definition) is 17. The Labute approximate surface area is 505 Å². The van der Waals surface area contributed by atoms with Gasteiger partial charge in [-0.1, -0.05) is 100 Å². The van der Waals surface area contributed by atoms with E-state index in [1.807, 2.05) is 42.7 Å². The van der Waals surface area contributed by atoms with E-state index in [1.165, 1.54) is 81.1 Å². The molecule has 442 valence electrons. The molecule has 4 amide bonds. The molecule has 5 atom stereocenters. The molecule has 0 radical (unpaired) electrons. The van der Waals surface area contributed by atoms with Gasteiger partial charge in [-0.05, 0) is 64.8 Å². The fraction of sp³-hybridized carbons (Fsp3) is 0.274. The zero-order chi connectivity index (χ0) is 60.4. The van der Waals surface area contributed by atoms with E-state index in [1.54, 1.807) is 48.2 Å². The number of ether oxygens (including phenoxy) is 6. The van der Waals surface area contributed by atoms with Gasteiger partial charge in [0.05, 0.1) is 16.7 Å². The van der Waals surface area contributed by atoms with E-state index in [0.717, 1.165) is 17.7 Å². The van der Waals surface area contributed by atoms with Gasteiger partial charge in [-0.25, -0.2) is 23.2 Å². The quantitative estimate of drug-likeness (QED) is 0.0278. The van der Waals surface area contributed by atoms with Crippen LogP contribution in [0.25, 0.3) is 0 Å². The Morgan fingerprint density at radius 2 is 1.34 bits per heavy atom. The van der Waals surface area contributed by atoms with Crippen molar-refractivity contribution in [2.45, 2.75) is 62.0 Å². The Kier molecular flexibility index (Phi) is 20.0. The fourth-order valence-corrected chi connectivity index (χ4v) is 14.1. The zero-order valence-electron chi connectivity index (χ0n) is 46.3. The Bertz CT molecular complexity index is 3520. The maximum atomic E-state index is 16.3. The number of allylic oxidation sites excluding steroid dienone is 4. The molecule has 1 spiro atoms. The molecule has 2 fully saturated rings. The molecule has 11 rings (SSSR count). The summed E-state index contributed by atoms with van der Waals surface area (Å²) in [4.78, 5) is 94.7. The maximum Gasteiger partial charge on any atom is 0.355 e. The number of β-lactam (4-membered cyclic amide) rings is 2. The van der Waals surface area contributed by atoms with E-state index in [0.29, 0.717) is 28.9 Å². The van der Waals surface area contributed by atoms with Crippen LogP contribution in [0.3, 0.4) is 0 Å². The van der Waals surface area contributed by atoms with E-state index in [-0.39, 0.29) is 101 Å². The number of aryl methyl sites for hydroxylation is 1. The van der Waals surface area contributed by atoms with E-state index in [2.05, 4.69) is 48.2 Å². The number of amides is 4. The van der Waals surface area contributed by atoms with Crippen molar-refractivity contribution in [2.24, 2.45) is 0 Å². The number of carbonyl (C=O) groups is 7. The molecule has 0 aliphatic carbocycles. The van der Waals surface area contributed by atoms with Crippen molar-refractivity contribution >= 4 is 88.7 Å². The van der Waals surface area contributed by atoms with Gasteiger partial charge in [-0.3, -0.25) is 29.0 Å². The van der Waals surface area contributed by atoms with Crippen molar-refractivity contribution in [1.29, 1.82) is 0 Å². The molecule has 7 aliphatic heterocycles.